The molecule has 7 nitrogen and oxygen atoms in total. The van der Waals surface area contributed by atoms with Gasteiger partial charge in [-0.2, -0.15) is 0 Å². The molecule has 3 rings (SSSR count). The molecule has 23 heavy (non-hydrogen) atoms. The van der Waals surface area contributed by atoms with Crippen LogP contribution in [0.2, 0.25) is 0 Å². The molecule has 0 radical (unpaired) electrons. The summed E-state index contributed by atoms with van der Waals surface area (Å²) in [6, 6.07) is 5.45. The van der Waals surface area contributed by atoms with E-state index in [4.69, 9.17) is 0 Å². The minimum Gasteiger partial charge on any atom is -0.306 e. The van der Waals surface area contributed by atoms with Crippen molar-refractivity contribution in [2.24, 2.45) is 0 Å². The summed E-state index contributed by atoms with van der Waals surface area (Å²) in [6.07, 6.45) is 2.23. The summed E-state index contributed by atoms with van der Waals surface area (Å²) in [5.41, 5.74) is 0.327. The number of aryl methyl sites for hydroxylation is 2. The van der Waals surface area contributed by atoms with Crippen molar-refractivity contribution in [2.45, 2.75) is 26.8 Å². The number of nitrogens with zero attached hydrogens (tertiary/aromatic N) is 2. The van der Waals surface area contributed by atoms with E-state index in [9.17, 15) is 14.4 Å². The molecule has 118 valence electrons. The minimum absolute atomic E-state index is 0.148. The van der Waals surface area contributed by atoms with Gasteiger partial charge in [0.25, 0.3) is 11.1 Å². The summed E-state index contributed by atoms with van der Waals surface area (Å²) in [5, 5.41) is 0.480. The molecule has 0 aliphatic rings. The molecule has 0 amide bonds. The number of aromatic nitrogens is 4. The third-order valence-electron chi connectivity index (χ3n) is 3.78. The van der Waals surface area contributed by atoms with Crippen LogP contribution in [-0.2, 0) is 13.0 Å². The molecule has 0 aliphatic carbocycles. The SMILES string of the molecule is CCc1ccc2nc(-c3cn(CC)c(=O)[nH]c3=O)[nH]c(=O)c2c1. The van der Waals surface area contributed by atoms with E-state index in [-0.39, 0.29) is 16.9 Å². The Hall–Kier alpha value is -2.96. The number of aromatic amines is 2. The third-order valence-corrected chi connectivity index (χ3v) is 3.78. The second-order valence-electron chi connectivity index (χ2n) is 5.21. The van der Waals surface area contributed by atoms with Crippen LogP contribution in [0.1, 0.15) is 19.4 Å². The van der Waals surface area contributed by atoms with Gasteiger partial charge >= 0.3 is 5.69 Å². The highest BCUT2D eigenvalue weighted by molar-refractivity contribution is 5.80. The number of H-pyrrole nitrogens is 2. The number of rotatable bonds is 3. The fraction of sp³-hybridized carbons (Fsp3) is 0.250. The summed E-state index contributed by atoms with van der Waals surface area (Å²) in [5.74, 6) is 0.148. The highest BCUT2D eigenvalue weighted by Gasteiger charge is 2.11. The third kappa shape index (κ3) is 2.61. The molecule has 0 bridgehead atoms. The van der Waals surface area contributed by atoms with Gasteiger partial charge in [0, 0.05) is 12.7 Å². The van der Waals surface area contributed by atoms with Gasteiger partial charge in [0.2, 0.25) is 0 Å². The van der Waals surface area contributed by atoms with Crippen LogP contribution in [0.5, 0.6) is 0 Å². The van der Waals surface area contributed by atoms with Crippen molar-refractivity contribution in [3.05, 3.63) is 61.2 Å². The lowest BCUT2D eigenvalue weighted by Crippen LogP contribution is -2.30. The van der Waals surface area contributed by atoms with E-state index >= 15 is 0 Å². The van der Waals surface area contributed by atoms with Gasteiger partial charge in [-0.05, 0) is 31.0 Å². The Morgan fingerprint density at radius 2 is 1.87 bits per heavy atom. The van der Waals surface area contributed by atoms with E-state index in [2.05, 4.69) is 15.0 Å². The van der Waals surface area contributed by atoms with Crippen LogP contribution in [0.25, 0.3) is 22.3 Å². The van der Waals surface area contributed by atoms with Crippen LogP contribution in [0.4, 0.5) is 0 Å². The van der Waals surface area contributed by atoms with Crippen LogP contribution >= 0.6 is 0 Å². The minimum atomic E-state index is -0.577. The van der Waals surface area contributed by atoms with Crippen molar-refractivity contribution in [3.63, 3.8) is 0 Å². The second kappa shape index (κ2) is 5.68. The zero-order valence-electron chi connectivity index (χ0n) is 12.8. The van der Waals surface area contributed by atoms with Gasteiger partial charge < -0.3 is 9.55 Å². The molecular formula is C16H16N4O3. The molecule has 2 heterocycles. The van der Waals surface area contributed by atoms with E-state index in [1.807, 2.05) is 13.0 Å². The van der Waals surface area contributed by atoms with Crippen molar-refractivity contribution in [1.82, 2.24) is 19.5 Å². The summed E-state index contributed by atoms with van der Waals surface area (Å²) in [4.78, 5) is 45.2. The predicted molar refractivity (Wildman–Crippen MR) is 87.7 cm³/mol. The first-order valence-electron chi connectivity index (χ1n) is 7.40. The van der Waals surface area contributed by atoms with Crippen molar-refractivity contribution >= 4 is 10.9 Å². The largest absolute Gasteiger partial charge is 0.328 e. The second-order valence-corrected chi connectivity index (χ2v) is 5.21. The maximum absolute atomic E-state index is 12.3. The summed E-state index contributed by atoms with van der Waals surface area (Å²) in [7, 11) is 0. The van der Waals surface area contributed by atoms with Gasteiger partial charge in [-0.25, -0.2) is 9.78 Å². The highest BCUT2D eigenvalue weighted by atomic mass is 16.2. The number of fused-ring (bicyclic) bond motifs is 1. The molecule has 0 fully saturated rings. The van der Waals surface area contributed by atoms with Crippen LogP contribution in [0.3, 0.4) is 0 Å². The Balaban J connectivity index is 2.28. The Kier molecular flexibility index (Phi) is 3.69. The van der Waals surface area contributed by atoms with Crippen molar-refractivity contribution in [2.75, 3.05) is 0 Å². The Labute approximate surface area is 130 Å². The monoisotopic (exact) mass is 312 g/mol. The van der Waals surface area contributed by atoms with Gasteiger partial charge in [0.05, 0.1) is 16.5 Å². The standard InChI is InChI=1S/C16H16N4O3/c1-3-9-5-6-12-10(7-9)14(21)18-13(17-12)11-8-20(4-2)16(23)19-15(11)22/h5-8H,3-4H2,1-2H3,(H,17,18,21)(H,19,22,23). The van der Waals surface area contributed by atoms with Gasteiger partial charge in [-0.3, -0.25) is 14.6 Å². The molecule has 1 aromatic carbocycles. The van der Waals surface area contributed by atoms with E-state index < -0.39 is 11.2 Å². The number of nitrogens with one attached hydrogen (secondary N) is 2. The van der Waals surface area contributed by atoms with E-state index in [0.717, 1.165) is 12.0 Å². The van der Waals surface area contributed by atoms with Crippen molar-refractivity contribution in [3.8, 4) is 11.4 Å². The average Bonchev–Trinajstić information content (AvgIpc) is 2.54. The number of benzene rings is 1. The zero-order valence-corrected chi connectivity index (χ0v) is 12.8. The molecule has 0 atom stereocenters. The first-order valence-corrected chi connectivity index (χ1v) is 7.40. The molecule has 0 unspecified atom stereocenters. The lowest BCUT2D eigenvalue weighted by Gasteiger charge is -2.06. The highest BCUT2D eigenvalue weighted by Crippen LogP contribution is 2.14. The first kappa shape index (κ1) is 15.0. The molecular weight excluding hydrogens is 296 g/mol. The Morgan fingerprint density at radius 3 is 2.57 bits per heavy atom. The van der Waals surface area contributed by atoms with Gasteiger partial charge in [-0.15, -0.1) is 0 Å². The number of hydrogen-bond donors (Lipinski definition) is 2. The molecule has 0 saturated carbocycles. The maximum atomic E-state index is 12.3. The number of hydrogen-bond acceptors (Lipinski definition) is 4. The summed E-state index contributed by atoms with van der Waals surface area (Å²) >= 11 is 0. The molecule has 0 saturated heterocycles. The molecule has 0 aliphatic heterocycles. The van der Waals surface area contributed by atoms with Gasteiger partial charge in [0.1, 0.15) is 5.82 Å². The fourth-order valence-electron chi connectivity index (χ4n) is 2.45. The lowest BCUT2D eigenvalue weighted by molar-refractivity contribution is 0.694. The Bertz CT molecular complexity index is 1060. The summed E-state index contributed by atoms with van der Waals surface area (Å²) < 4.78 is 1.35. The average molecular weight is 312 g/mol. The smallest absolute Gasteiger partial charge is 0.306 e. The normalized spacial score (nSPS) is 11.0. The van der Waals surface area contributed by atoms with Crippen LogP contribution in [0, 0.1) is 0 Å². The fourth-order valence-corrected chi connectivity index (χ4v) is 2.45. The molecule has 2 N–H and O–H groups in total. The maximum Gasteiger partial charge on any atom is 0.328 e. The predicted octanol–water partition coefficient (Wildman–Crippen LogP) is 1.02. The topological polar surface area (TPSA) is 101 Å². The van der Waals surface area contributed by atoms with Crippen molar-refractivity contribution in [1.29, 1.82) is 0 Å². The molecule has 3 aromatic rings. The molecule has 2 aromatic heterocycles. The quantitative estimate of drug-likeness (QED) is 0.754. The first-order chi connectivity index (χ1) is 11.0. The van der Waals surface area contributed by atoms with Gasteiger partial charge in [-0.1, -0.05) is 13.0 Å². The zero-order chi connectivity index (χ0) is 16.6. The van der Waals surface area contributed by atoms with Gasteiger partial charge in [0.15, 0.2) is 0 Å². The van der Waals surface area contributed by atoms with Crippen molar-refractivity contribution < 1.29 is 0 Å². The summed E-state index contributed by atoms with van der Waals surface area (Å²) in [6.45, 7) is 4.19. The van der Waals surface area contributed by atoms with E-state index in [1.54, 1.807) is 19.1 Å². The molecule has 7 heteroatoms. The van der Waals surface area contributed by atoms with E-state index in [1.165, 1.54) is 10.8 Å². The molecule has 0 spiro atoms. The Morgan fingerprint density at radius 1 is 1.09 bits per heavy atom. The van der Waals surface area contributed by atoms with Crippen LogP contribution < -0.4 is 16.8 Å². The lowest BCUT2D eigenvalue weighted by atomic mass is 10.1. The van der Waals surface area contributed by atoms with Crippen LogP contribution in [0.15, 0.2) is 38.8 Å². The van der Waals surface area contributed by atoms with Crippen LogP contribution in [-0.4, -0.2) is 19.5 Å². The van der Waals surface area contributed by atoms with E-state index in [0.29, 0.717) is 17.4 Å².